The number of hydrogen-bond acceptors (Lipinski definition) is 5. The van der Waals surface area contributed by atoms with Gasteiger partial charge in [-0.2, -0.15) is 0 Å². The molecule has 0 bridgehead atoms. The molecular weight excluding hydrogens is 391 g/mol. The van der Waals surface area contributed by atoms with Crippen LogP contribution in [0.25, 0.3) is 22.2 Å². The number of halogens is 1. The second kappa shape index (κ2) is 7.56. The summed E-state index contributed by atoms with van der Waals surface area (Å²) in [5, 5.41) is 3.63. The molecular formula is C21H17FN4O2S. The molecule has 2 aromatic heterocycles. The van der Waals surface area contributed by atoms with E-state index >= 15 is 0 Å². The molecule has 8 heteroatoms. The highest BCUT2D eigenvalue weighted by Gasteiger charge is 2.15. The van der Waals surface area contributed by atoms with Crippen LogP contribution < -0.4 is 10.9 Å². The van der Waals surface area contributed by atoms with Gasteiger partial charge in [0.25, 0.3) is 5.56 Å². The third-order valence-electron chi connectivity index (χ3n) is 4.51. The third kappa shape index (κ3) is 3.79. The zero-order valence-corrected chi connectivity index (χ0v) is 16.6. The Morgan fingerprint density at radius 2 is 1.83 bits per heavy atom. The number of anilines is 1. The molecule has 0 aliphatic heterocycles. The minimum atomic E-state index is -0.369. The molecule has 146 valence electrons. The Hall–Kier alpha value is -3.39. The summed E-state index contributed by atoms with van der Waals surface area (Å²) in [6.07, 6.45) is 0. The van der Waals surface area contributed by atoms with Crippen LogP contribution in [0.2, 0.25) is 0 Å². The molecule has 6 nitrogen and oxygen atoms in total. The molecule has 2 heterocycles. The Labute approximate surface area is 169 Å². The maximum absolute atomic E-state index is 13.1. The smallest absolute Gasteiger partial charge is 0.261 e. The number of carbonyl (C=O) groups excluding carboxylic acids is 1. The fraction of sp³-hybridized carbons (Fsp3) is 0.143. The van der Waals surface area contributed by atoms with Gasteiger partial charge in [-0.1, -0.05) is 12.1 Å². The maximum atomic E-state index is 13.1. The first kappa shape index (κ1) is 18.9. The van der Waals surface area contributed by atoms with E-state index in [9.17, 15) is 14.0 Å². The van der Waals surface area contributed by atoms with Crippen LogP contribution in [-0.2, 0) is 11.3 Å². The Morgan fingerprint density at radius 1 is 1.10 bits per heavy atom. The van der Waals surface area contributed by atoms with E-state index in [2.05, 4.69) is 15.3 Å². The number of nitrogens with zero attached hydrogens (tertiary/aromatic N) is 3. The van der Waals surface area contributed by atoms with Crippen molar-refractivity contribution in [3.8, 4) is 11.3 Å². The number of hydrogen-bond donors (Lipinski definition) is 1. The SMILES string of the molecule is Cc1sc(NC(=O)Cn2c(C)nc3ccccc3c2=O)nc1-c1ccc(F)cc1. The molecule has 1 N–H and O–H groups in total. The quantitative estimate of drug-likeness (QED) is 0.555. The zero-order valence-electron chi connectivity index (χ0n) is 15.8. The second-order valence-corrected chi connectivity index (χ2v) is 7.75. The number of fused-ring (bicyclic) bond motifs is 1. The van der Waals surface area contributed by atoms with Gasteiger partial charge in [-0.25, -0.2) is 14.4 Å². The lowest BCUT2D eigenvalue weighted by Gasteiger charge is -2.10. The summed E-state index contributed by atoms with van der Waals surface area (Å²) in [7, 11) is 0. The van der Waals surface area contributed by atoms with Crippen molar-refractivity contribution in [2.24, 2.45) is 0 Å². The minimum absolute atomic E-state index is 0.160. The normalized spacial score (nSPS) is 11.0. The topological polar surface area (TPSA) is 76.9 Å². The van der Waals surface area contributed by atoms with Gasteiger partial charge in [0, 0.05) is 10.4 Å². The molecule has 0 saturated carbocycles. The van der Waals surface area contributed by atoms with Crippen LogP contribution in [0, 0.1) is 19.7 Å². The molecule has 0 spiro atoms. The van der Waals surface area contributed by atoms with Crippen LogP contribution in [0.15, 0.2) is 53.3 Å². The predicted molar refractivity (Wildman–Crippen MR) is 112 cm³/mol. The largest absolute Gasteiger partial charge is 0.300 e. The molecule has 0 aliphatic carbocycles. The Bertz CT molecular complexity index is 1280. The van der Waals surface area contributed by atoms with E-state index in [4.69, 9.17) is 0 Å². The lowest BCUT2D eigenvalue weighted by Crippen LogP contribution is -2.30. The third-order valence-corrected chi connectivity index (χ3v) is 5.40. The van der Waals surface area contributed by atoms with Crippen LogP contribution in [0.4, 0.5) is 9.52 Å². The van der Waals surface area contributed by atoms with Gasteiger partial charge in [-0.15, -0.1) is 11.3 Å². The van der Waals surface area contributed by atoms with Crippen LogP contribution >= 0.6 is 11.3 Å². The van der Waals surface area contributed by atoms with E-state index in [1.165, 1.54) is 28.0 Å². The molecule has 4 rings (SSSR count). The van der Waals surface area contributed by atoms with E-state index in [0.717, 1.165) is 10.4 Å². The highest BCUT2D eigenvalue weighted by Crippen LogP contribution is 2.30. The summed E-state index contributed by atoms with van der Waals surface area (Å²) in [4.78, 5) is 35.0. The summed E-state index contributed by atoms with van der Waals surface area (Å²) in [6.45, 7) is 3.42. The van der Waals surface area contributed by atoms with Gasteiger partial charge in [0.1, 0.15) is 18.2 Å². The Kier molecular flexibility index (Phi) is 4.94. The van der Waals surface area contributed by atoms with E-state index in [1.807, 2.05) is 13.0 Å². The summed E-state index contributed by atoms with van der Waals surface area (Å²) in [5.74, 6) is -0.224. The van der Waals surface area contributed by atoms with E-state index in [-0.39, 0.29) is 23.8 Å². The summed E-state index contributed by atoms with van der Waals surface area (Å²) in [5.41, 5.74) is 1.80. The zero-order chi connectivity index (χ0) is 20.5. The number of nitrogens with one attached hydrogen (secondary N) is 1. The van der Waals surface area contributed by atoms with Crippen molar-refractivity contribution in [3.05, 3.63) is 75.4 Å². The number of aromatic nitrogens is 3. The molecule has 0 unspecified atom stereocenters. The maximum Gasteiger partial charge on any atom is 0.261 e. The van der Waals surface area contributed by atoms with E-state index < -0.39 is 0 Å². The molecule has 0 radical (unpaired) electrons. The highest BCUT2D eigenvalue weighted by molar-refractivity contribution is 7.16. The van der Waals surface area contributed by atoms with Gasteiger partial charge in [0.05, 0.1) is 16.6 Å². The number of amides is 1. The van der Waals surface area contributed by atoms with E-state index in [1.54, 1.807) is 37.3 Å². The summed E-state index contributed by atoms with van der Waals surface area (Å²) < 4.78 is 14.5. The van der Waals surface area contributed by atoms with Crippen LogP contribution in [0.1, 0.15) is 10.7 Å². The van der Waals surface area contributed by atoms with Crippen molar-refractivity contribution < 1.29 is 9.18 Å². The number of para-hydroxylation sites is 1. The van der Waals surface area contributed by atoms with Crippen molar-refractivity contribution in [2.75, 3.05) is 5.32 Å². The Balaban J connectivity index is 1.57. The molecule has 29 heavy (non-hydrogen) atoms. The molecule has 0 aliphatic rings. The van der Waals surface area contributed by atoms with Crippen molar-refractivity contribution in [3.63, 3.8) is 0 Å². The van der Waals surface area contributed by atoms with Crippen LogP contribution in [-0.4, -0.2) is 20.4 Å². The van der Waals surface area contributed by atoms with Gasteiger partial charge >= 0.3 is 0 Å². The second-order valence-electron chi connectivity index (χ2n) is 6.55. The number of carbonyl (C=O) groups is 1. The van der Waals surface area contributed by atoms with Crippen molar-refractivity contribution in [2.45, 2.75) is 20.4 Å². The van der Waals surface area contributed by atoms with E-state index in [0.29, 0.717) is 27.6 Å². The molecule has 0 atom stereocenters. The van der Waals surface area contributed by atoms with Gasteiger partial charge in [-0.05, 0) is 50.2 Å². The van der Waals surface area contributed by atoms with Crippen molar-refractivity contribution in [1.82, 2.24) is 14.5 Å². The van der Waals surface area contributed by atoms with Crippen molar-refractivity contribution >= 4 is 33.3 Å². The Morgan fingerprint density at radius 3 is 2.59 bits per heavy atom. The summed E-state index contributed by atoms with van der Waals surface area (Å²) in [6, 6.07) is 13.1. The minimum Gasteiger partial charge on any atom is -0.300 e. The van der Waals surface area contributed by atoms with Gasteiger partial charge in [0.15, 0.2) is 5.13 Å². The first-order valence-corrected chi connectivity index (χ1v) is 9.73. The van der Waals surface area contributed by atoms with Crippen molar-refractivity contribution in [1.29, 1.82) is 0 Å². The fourth-order valence-electron chi connectivity index (χ4n) is 3.09. The molecule has 2 aromatic carbocycles. The molecule has 4 aromatic rings. The number of aryl methyl sites for hydroxylation is 2. The van der Waals surface area contributed by atoms with Gasteiger partial charge < -0.3 is 5.32 Å². The molecule has 0 saturated heterocycles. The average Bonchev–Trinajstić information content (AvgIpc) is 3.05. The lowest BCUT2D eigenvalue weighted by molar-refractivity contribution is -0.116. The number of rotatable bonds is 4. The molecule has 0 fully saturated rings. The molecule has 1 amide bonds. The number of thiazole rings is 1. The van der Waals surface area contributed by atoms with Crippen LogP contribution in [0.5, 0.6) is 0 Å². The predicted octanol–water partition coefficient (Wildman–Crippen LogP) is 3.91. The fourth-order valence-corrected chi connectivity index (χ4v) is 3.95. The van der Waals surface area contributed by atoms with Crippen LogP contribution in [0.3, 0.4) is 0 Å². The number of benzene rings is 2. The average molecular weight is 408 g/mol. The first-order valence-electron chi connectivity index (χ1n) is 8.92. The van der Waals surface area contributed by atoms with Gasteiger partial charge in [-0.3, -0.25) is 14.2 Å². The first-order chi connectivity index (χ1) is 13.9. The standard InChI is InChI=1S/C21H17FN4O2S/c1-12-19(14-7-9-15(22)10-8-14)25-21(29-12)24-18(27)11-26-13(2)23-17-6-4-3-5-16(17)20(26)28/h3-10H,11H2,1-2H3,(H,24,25,27). The lowest BCUT2D eigenvalue weighted by atomic mass is 10.1. The van der Waals surface area contributed by atoms with Gasteiger partial charge in [0.2, 0.25) is 5.91 Å². The monoisotopic (exact) mass is 408 g/mol. The highest BCUT2D eigenvalue weighted by atomic mass is 32.1. The summed E-state index contributed by atoms with van der Waals surface area (Å²) >= 11 is 1.32.